The van der Waals surface area contributed by atoms with Gasteiger partial charge in [-0.3, -0.25) is 29.0 Å². The van der Waals surface area contributed by atoms with Gasteiger partial charge in [0.15, 0.2) is 5.65 Å². The number of likely N-dealkylation sites (tertiary alicyclic amines) is 1. The summed E-state index contributed by atoms with van der Waals surface area (Å²) in [6, 6.07) is 17.7. The molecular formula is C40H47N9O4. The van der Waals surface area contributed by atoms with Gasteiger partial charge in [-0.05, 0) is 73.6 Å². The first-order valence-electron chi connectivity index (χ1n) is 19.0. The van der Waals surface area contributed by atoms with Crippen LogP contribution in [0.1, 0.15) is 83.0 Å². The molecule has 3 atom stereocenters. The van der Waals surface area contributed by atoms with Crippen molar-refractivity contribution in [3.8, 4) is 0 Å². The third kappa shape index (κ3) is 7.09. The number of hydrogen-bond acceptors (Lipinski definition) is 9. The molecule has 4 aliphatic rings. The molecule has 2 unspecified atom stereocenters. The summed E-state index contributed by atoms with van der Waals surface area (Å²) in [4.78, 5) is 63.4. The van der Waals surface area contributed by atoms with Gasteiger partial charge in [0.1, 0.15) is 11.9 Å². The van der Waals surface area contributed by atoms with Crippen LogP contribution < -0.4 is 15.5 Å². The lowest BCUT2D eigenvalue weighted by molar-refractivity contribution is -0.150. The monoisotopic (exact) mass is 717 g/mol. The van der Waals surface area contributed by atoms with Crippen molar-refractivity contribution in [2.75, 3.05) is 43.4 Å². The minimum atomic E-state index is -0.594. The number of anilines is 2. The van der Waals surface area contributed by atoms with Crippen LogP contribution in [0.4, 0.5) is 11.5 Å². The number of carbonyl (C=O) groups is 4. The first-order valence-corrected chi connectivity index (χ1v) is 19.0. The number of piperazine rings is 1. The summed E-state index contributed by atoms with van der Waals surface area (Å²) in [5.74, 6) is 0.279. The molecule has 2 saturated heterocycles. The van der Waals surface area contributed by atoms with Crippen LogP contribution in [0, 0.1) is 0 Å². The van der Waals surface area contributed by atoms with Gasteiger partial charge in [0.25, 0.3) is 17.7 Å². The number of aryl methyl sites for hydroxylation is 1. The number of nitrogens with one attached hydrogen (secondary N) is 2. The summed E-state index contributed by atoms with van der Waals surface area (Å²) >= 11 is 0. The van der Waals surface area contributed by atoms with E-state index in [-0.39, 0.29) is 42.1 Å². The lowest BCUT2D eigenvalue weighted by Crippen LogP contribution is -2.53. The predicted molar refractivity (Wildman–Crippen MR) is 201 cm³/mol. The Bertz CT molecular complexity index is 2040. The van der Waals surface area contributed by atoms with Gasteiger partial charge in [0.05, 0.1) is 6.20 Å². The Hall–Kier alpha value is -5.30. The minimum Gasteiger partial charge on any atom is -0.369 e. The van der Waals surface area contributed by atoms with Crippen LogP contribution >= 0.6 is 0 Å². The number of likely N-dealkylation sites (N-methyl/N-ethyl adjacent to an activating group) is 1. The molecule has 4 aromatic rings. The fourth-order valence-electron chi connectivity index (χ4n) is 8.32. The van der Waals surface area contributed by atoms with E-state index in [0.29, 0.717) is 24.1 Å². The molecule has 0 bridgehead atoms. The molecule has 53 heavy (non-hydrogen) atoms. The third-order valence-corrected chi connectivity index (χ3v) is 11.3. The molecule has 2 aromatic heterocycles. The second-order valence-corrected chi connectivity index (χ2v) is 14.9. The van der Waals surface area contributed by atoms with Crippen molar-refractivity contribution in [2.45, 2.75) is 83.1 Å². The zero-order chi connectivity index (χ0) is 36.6. The number of hydrogen-bond donors (Lipinski definition) is 2. The SMILES string of the molecule is CCCc1cc(N[C@@H]2CCC(NC(=O)c3ccc(CN4CCN(c5ccc6c(c5)CN(C5CCC(=O)N(C)C5=O)C6=O)CC4)cc3)C2)n2nccc2n1. The molecular weight excluding hydrogens is 670 g/mol. The summed E-state index contributed by atoms with van der Waals surface area (Å²) < 4.78 is 1.85. The van der Waals surface area contributed by atoms with Gasteiger partial charge in [0.2, 0.25) is 5.91 Å². The number of aromatic nitrogens is 3. The zero-order valence-electron chi connectivity index (χ0n) is 30.5. The van der Waals surface area contributed by atoms with Gasteiger partial charge >= 0.3 is 0 Å². The quantitative estimate of drug-likeness (QED) is 0.235. The lowest BCUT2D eigenvalue weighted by atomic mass is 10.0. The molecule has 1 aliphatic carbocycles. The molecule has 4 amide bonds. The van der Waals surface area contributed by atoms with Crippen molar-refractivity contribution in [2.24, 2.45) is 0 Å². The Morgan fingerprint density at radius 3 is 2.51 bits per heavy atom. The first kappa shape index (κ1) is 34.8. The molecule has 0 radical (unpaired) electrons. The van der Waals surface area contributed by atoms with Gasteiger partial charge in [-0.15, -0.1) is 0 Å². The molecule has 276 valence electrons. The molecule has 13 nitrogen and oxygen atoms in total. The maximum atomic E-state index is 13.2. The average Bonchev–Trinajstić information content (AvgIpc) is 3.90. The number of rotatable bonds is 10. The van der Waals surface area contributed by atoms with Crippen LogP contribution in [0.5, 0.6) is 0 Å². The zero-order valence-corrected chi connectivity index (χ0v) is 30.5. The molecule has 13 heteroatoms. The van der Waals surface area contributed by atoms with Crippen molar-refractivity contribution in [1.29, 1.82) is 0 Å². The minimum absolute atomic E-state index is 0.0358. The summed E-state index contributed by atoms with van der Waals surface area (Å²) in [5, 5.41) is 11.4. The first-order chi connectivity index (χ1) is 25.7. The maximum absolute atomic E-state index is 13.2. The molecule has 3 aliphatic heterocycles. The Morgan fingerprint density at radius 2 is 1.72 bits per heavy atom. The second-order valence-electron chi connectivity index (χ2n) is 14.9. The molecule has 2 aromatic carbocycles. The van der Waals surface area contributed by atoms with Crippen LogP contribution in [0.15, 0.2) is 60.8 Å². The predicted octanol–water partition coefficient (Wildman–Crippen LogP) is 3.87. The van der Waals surface area contributed by atoms with E-state index in [4.69, 9.17) is 4.98 Å². The third-order valence-electron chi connectivity index (χ3n) is 11.3. The molecule has 2 N–H and O–H groups in total. The van der Waals surface area contributed by atoms with Crippen LogP contribution in [-0.2, 0) is 29.1 Å². The fraction of sp³-hybridized carbons (Fsp3) is 0.450. The van der Waals surface area contributed by atoms with E-state index < -0.39 is 6.04 Å². The highest BCUT2D eigenvalue weighted by Crippen LogP contribution is 2.32. The van der Waals surface area contributed by atoms with Gasteiger partial charge in [-0.25, -0.2) is 4.98 Å². The van der Waals surface area contributed by atoms with Crippen molar-refractivity contribution in [3.05, 3.63) is 88.7 Å². The molecule has 8 rings (SSSR count). The molecule has 0 spiro atoms. The van der Waals surface area contributed by atoms with E-state index in [1.165, 1.54) is 12.6 Å². The van der Waals surface area contributed by atoms with Crippen molar-refractivity contribution in [1.82, 2.24) is 34.6 Å². The number of carbonyl (C=O) groups excluding carboxylic acids is 4. The average molecular weight is 718 g/mol. The van der Waals surface area contributed by atoms with E-state index in [1.807, 2.05) is 34.8 Å². The summed E-state index contributed by atoms with van der Waals surface area (Å²) in [6.45, 7) is 6.85. The topological polar surface area (TPSA) is 135 Å². The summed E-state index contributed by atoms with van der Waals surface area (Å²) in [7, 11) is 1.49. The second kappa shape index (κ2) is 14.6. The number of nitrogens with zero attached hydrogens (tertiary/aromatic N) is 7. The smallest absolute Gasteiger partial charge is 0.255 e. The maximum Gasteiger partial charge on any atom is 0.255 e. The van der Waals surface area contributed by atoms with E-state index in [2.05, 4.69) is 56.7 Å². The summed E-state index contributed by atoms with van der Waals surface area (Å²) in [6.07, 6.45) is 7.13. The van der Waals surface area contributed by atoms with E-state index in [9.17, 15) is 19.2 Å². The lowest BCUT2D eigenvalue weighted by Gasteiger charge is -2.36. The highest BCUT2D eigenvalue weighted by molar-refractivity contribution is 6.05. The van der Waals surface area contributed by atoms with Gasteiger partial charge < -0.3 is 20.4 Å². The van der Waals surface area contributed by atoms with Crippen molar-refractivity contribution < 1.29 is 19.2 Å². The summed E-state index contributed by atoms with van der Waals surface area (Å²) in [5.41, 5.74) is 6.40. The standard InChI is InChI=1S/C40H47N9O4/c1-3-4-29-23-36(49-35(42-29)15-16-41-49)43-30-9-10-31(22-30)44-38(51)27-7-5-26(6-8-27)24-46-17-19-47(20-18-46)32-11-12-33-28(21-32)25-48(39(33)52)34-13-14-37(50)45(2)40(34)53/h5-8,11-12,15-16,21,23,30-31,34,43H,3-4,9-10,13-14,17-20,22,24-25H2,1-2H3,(H,44,51)/t30-,31?,34?/m1/s1. The van der Waals surface area contributed by atoms with Crippen LogP contribution in [0.2, 0.25) is 0 Å². The van der Waals surface area contributed by atoms with Crippen LogP contribution in [-0.4, -0.2) is 104 Å². The molecule has 1 saturated carbocycles. The van der Waals surface area contributed by atoms with Crippen molar-refractivity contribution >= 4 is 40.8 Å². The van der Waals surface area contributed by atoms with E-state index in [1.54, 1.807) is 11.1 Å². The number of piperidine rings is 1. The Morgan fingerprint density at radius 1 is 0.925 bits per heavy atom. The van der Waals surface area contributed by atoms with Crippen LogP contribution in [0.25, 0.3) is 5.65 Å². The Kier molecular flexibility index (Phi) is 9.59. The highest BCUT2D eigenvalue weighted by atomic mass is 16.2. The normalized spacial score (nSPS) is 22.2. The number of benzene rings is 2. The number of amides is 4. The number of imide groups is 1. The highest BCUT2D eigenvalue weighted by Gasteiger charge is 2.41. The molecule has 3 fully saturated rings. The Balaban J connectivity index is 0.803. The van der Waals surface area contributed by atoms with Gasteiger partial charge in [-0.2, -0.15) is 9.61 Å². The van der Waals surface area contributed by atoms with Crippen molar-refractivity contribution in [3.63, 3.8) is 0 Å². The van der Waals surface area contributed by atoms with E-state index >= 15 is 0 Å². The van der Waals surface area contributed by atoms with Gasteiger partial charge in [0, 0.05) is 99.5 Å². The van der Waals surface area contributed by atoms with Gasteiger partial charge in [-0.1, -0.05) is 25.5 Å². The largest absolute Gasteiger partial charge is 0.369 e. The van der Waals surface area contributed by atoms with E-state index in [0.717, 1.165) is 98.1 Å². The number of fused-ring (bicyclic) bond motifs is 2. The van der Waals surface area contributed by atoms with Crippen LogP contribution in [0.3, 0.4) is 0 Å². The fourth-order valence-corrected chi connectivity index (χ4v) is 8.32. The molecule has 5 heterocycles. The Labute approximate surface area is 309 Å².